The summed E-state index contributed by atoms with van der Waals surface area (Å²) in [5.74, 6) is 1.31. The Morgan fingerprint density at radius 2 is 1.51 bits per heavy atom. The molecule has 0 unspecified atom stereocenters. The lowest BCUT2D eigenvalue weighted by Gasteiger charge is -2.37. The highest BCUT2D eigenvalue weighted by molar-refractivity contribution is 5.91. The highest BCUT2D eigenvalue weighted by Gasteiger charge is 2.30. The first-order valence-electron chi connectivity index (χ1n) is 12.4. The molecule has 1 saturated heterocycles. The second-order valence-corrected chi connectivity index (χ2v) is 9.77. The van der Waals surface area contributed by atoms with Crippen molar-refractivity contribution in [3.8, 4) is 11.4 Å². The molecule has 0 spiro atoms. The SMILES string of the molecule is Cc1cccc(C)c1NC(=O)N1CCN(c2nc(-c3ccc(C(F)(F)F)cc3)nc(C)c2C(C)C)CC1. The molecule has 37 heavy (non-hydrogen) atoms. The van der Waals surface area contributed by atoms with Crippen LogP contribution in [0.5, 0.6) is 0 Å². The van der Waals surface area contributed by atoms with Crippen LogP contribution in [0.1, 0.15) is 47.7 Å². The van der Waals surface area contributed by atoms with Crippen molar-refractivity contribution in [3.63, 3.8) is 0 Å². The molecule has 2 aromatic carbocycles. The summed E-state index contributed by atoms with van der Waals surface area (Å²) in [6.07, 6.45) is -4.40. The third-order valence-electron chi connectivity index (χ3n) is 6.74. The Morgan fingerprint density at radius 3 is 2.05 bits per heavy atom. The van der Waals surface area contributed by atoms with Crippen LogP contribution in [0.15, 0.2) is 42.5 Å². The Bertz CT molecular complexity index is 1260. The van der Waals surface area contributed by atoms with E-state index in [0.29, 0.717) is 37.6 Å². The molecule has 196 valence electrons. The number of benzene rings is 2. The molecule has 0 aliphatic carbocycles. The van der Waals surface area contributed by atoms with Gasteiger partial charge in [-0.15, -0.1) is 0 Å². The average Bonchev–Trinajstić information content (AvgIpc) is 2.85. The molecule has 1 fully saturated rings. The standard InChI is InChI=1S/C28H32F3N5O/c1-17(2)23-20(5)32-25(21-9-11-22(12-10-21)28(29,30)31)34-26(23)35-13-15-36(16-14-35)27(37)33-24-18(3)7-6-8-19(24)4/h6-12,17H,13-16H2,1-5H3,(H,33,37). The zero-order valence-corrected chi connectivity index (χ0v) is 21.8. The Hall–Kier alpha value is -3.62. The van der Waals surface area contributed by atoms with E-state index >= 15 is 0 Å². The molecule has 0 radical (unpaired) electrons. The van der Waals surface area contributed by atoms with E-state index in [1.807, 2.05) is 39.0 Å². The van der Waals surface area contributed by atoms with E-state index < -0.39 is 11.7 Å². The smallest absolute Gasteiger partial charge is 0.353 e. The van der Waals surface area contributed by atoms with Crippen molar-refractivity contribution in [3.05, 3.63) is 70.4 Å². The van der Waals surface area contributed by atoms with Gasteiger partial charge in [-0.2, -0.15) is 13.2 Å². The van der Waals surface area contributed by atoms with Crippen LogP contribution in [0.4, 0.5) is 29.5 Å². The van der Waals surface area contributed by atoms with Gasteiger partial charge in [0.25, 0.3) is 0 Å². The van der Waals surface area contributed by atoms with Crippen LogP contribution in [0, 0.1) is 20.8 Å². The van der Waals surface area contributed by atoms with Crippen LogP contribution in [0.2, 0.25) is 0 Å². The molecule has 1 aromatic heterocycles. The predicted octanol–water partition coefficient (Wildman–Crippen LogP) is 6.57. The molecule has 0 saturated carbocycles. The van der Waals surface area contributed by atoms with Crippen LogP contribution in [0.3, 0.4) is 0 Å². The van der Waals surface area contributed by atoms with Gasteiger partial charge in [-0.05, 0) is 49.9 Å². The lowest BCUT2D eigenvalue weighted by Crippen LogP contribution is -2.50. The molecule has 2 heterocycles. The second kappa shape index (κ2) is 10.4. The van der Waals surface area contributed by atoms with Crippen LogP contribution >= 0.6 is 0 Å². The van der Waals surface area contributed by atoms with Crippen molar-refractivity contribution >= 4 is 17.5 Å². The van der Waals surface area contributed by atoms with Gasteiger partial charge >= 0.3 is 12.2 Å². The van der Waals surface area contributed by atoms with E-state index in [4.69, 9.17) is 4.98 Å². The molecule has 0 bridgehead atoms. The molecule has 1 aliphatic rings. The summed E-state index contributed by atoms with van der Waals surface area (Å²) in [6.45, 7) is 12.2. The van der Waals surface area contributed by atoms with Crippen LogP contribution < -0.4 is 10.2 Å². The zero-order chi connectivity index (χ0) is 26.9. The Balaban J connectivity index is 1.55. The Morgan fingerprint density at radius 1 is 0.919 bits per heavy atom. The molecule has 1 N–H and O–H groups in total. The fraction of sp³-hybridized carbons (Fsp3) is 0.393. The summed E-state index contributed by atoms with van der Waals surface area (Å²) < 4.78 is 39.0. The van der Waals surface area contributed by atoms with Gasteiger partial charge in [-0.25, -0.2) is 14.8 Å². The van der Waals surface area contributed by atoms with Crippen molar-refractivity contribution in [2.75, 3.05) is 36.4 Å². The summed E-state index contributed by atoms with van der Waals surface area (Å²) >= 11 is 0. The summed E-state index contributed by atoms with van der Waals surface area (Å²) in [4.78, 5) is 26.3. The summed E-state index contributed by atoms with van der Waals surface area (Å²) in [7, 11) is 0. The number of nitrogens with zero attached hydrogens (tertiary/aromatic N) is 4. The minimum atomic E-state index is -4.40. The number of aryl methyl sites for hydroxylation is 3. The van der Waals surface area contributed by atoms with E-state index in [1.54, 1.807) is 4.90 Å². The van der Waals surface area contributed by atoms with Gasteiger partial charge in [0.15, 0.2) is 5.82 Å². The minimum Gasteiger partial charge on any atom is -0.353 e. The van der Waals surface area contributed by atoms with Crippen molar-refractivity contribution in [1.29, 1.82) is 0 Å². The Labute approximate surface area is 215 Å². The van der Waals surface area contributed by atoms with Gasteiger partial charge in [0, 0.05) is 48.7 Å². The first-order valence-corrected chi connectivity index (χ1v) is 12.4. The summed E-state index contributed by atoms with van der Waals surface area (Å²) in [6, 6.07) is 10.7. The number of amides is 2. The number of hydrogen-bond acceptors (Lipinski definition) is 4. The van der Waals surface area contributed by atoms with Gasteiger partial charge in [-0.1, -0.05) is 44.2 Å². The number of piperazine rings is 1. The number of anilines is 2. The third-order valence-corrected chi connectivity index (χ3v) is 6.74. The predicted molar refractivity (Wildman–Crippen MR) is 140 cm³/mol. The number of halogens is 3. The number of carbonyl (C=O) groups is 1. The lowest BCUT2D eigenvalue weighted by atomic mass is 10.0. The number of carbonyl (C=O) groups excluding carboxylic acids is 1. The van der Waals surface area contributed by atoms with Crippen LogP contribution in [-0.2, 0) is 6.18 Å². The van der Waals surface area contributed by atoms with Crippen molar-refractivity contribution in [1.82, 2.24) is 14.9 Å². The highest BCUT2D eigenvalue weighted by Crippen LogP contribution is 2.33. The zero-order valence-electron chi connectivity index (χ0n) is 21.8. The molecule has 3 aromatic rings. The number of hydrogen-bond donors (Lipinski definition) is 1. The molecule has 2 amide bonds. The maximum atomic E-state index is 13.0. The number of urea groups is 1. The largest absolute Gasteiger partial charge is 0.416 e. The molecule has 9 heteroatoms. The van der Waals surface area contributed by atoms with E-state index in [2.05, 4.69) is 29.0 Å². The maximum absolute atomic E-state index is 13.0. The van der Waals surface area contributed by atoms with Gasteiger partial charge in [-0.3, -0.25) is 0 Å². The van der Waals surface area contributed by atoms with E-state index in [0.717, 1.165) is 46.0 Å². The maximum Gasteiger partial charge on any atom is 0.416 e. The topological polar surface area (TPSA) is 61.4 Å². The highest BCUT2D eigenvalue weighted by atomic mass is 19.4. The molecular formula is C28H32F3N5O. The fourth-order valence-electron chi connectivity index (χ4n) is 4.74. The van der Waals surface area contributed by atoms with E-state index in [1.165, 1.54) is 12.1 Å². The number of aromatic nitrogens is 2. The van der Waals surface area contributed by atoms with Gasteiger partial charge < -0.3 is 15.1 Å². The molecular weight excluding hydrogens is 479 g/mol. The second-order valence-electron chi connectivity index (χ2n) is 9.77. The fourth-order valence-corrected chi connectivity index (χ4v) is 4.74. The average molecular weight is 512 g/mol. The van der Waals surface area contributed by atoms with Crippen molar-refractivity contribution < 1.29 is 18.0 Å². The summed E-state index contributed by atoms with van der Waals surface area (Å²) in [5.41, 5.74) is 4.49. The first-order chi connectivity index (χ1) is 17.5. The van der Waals surface area contributed by atoms with Gasteiger partial charge in [0.2, 0.25) is 0 Å². The molecule has 6 nitrogen and oxygen atoms in total. The van der Waals surface area contributed by atoms with E-state index in [-0.39, 0.29) is 11.9 Å². The third kappa shape index (κ3) is 5.70. The molecule has 4 rings (SSSR count). The van der Waals surface area contributed by atoms with Gasteiger partial charge in [0.05, 0.1) is 5.56 Å². The quantitative estimate of drug-likeness (QED) is 0.431. The van der Waals surface area contributed by atoms with Crippen LogP contribution in [0.25, 0.3) is 11.4 Å². The minimum absolute atomic E-state index is 0.134. The van der Waals surface area contributed by atoms with Gasteiger partial charge in [0.1, 0.15) is 5.82 Å². The number of rotatable bonds is 4. The van der Waals surface area contributed by atoms with Crippen molar-refractivity contribution in [2.45, 2.75) is 46.7 Å². The van der Waals surface area contributed by atoms with Crippen LogP contribution in [-0.4, -0.2) is 47.1 Å². The molecule has 0 atom stereocenters. The normalized spacial score (nSPS) is 14.3. The summed E-state index contributed by atoms with van der Waals surface area (Å²) in [5, 5.41) is 3.05. The first kappa shape index (κ1) is 26.4. The lowest BCUT2D eigenvalue weighted by molar-refractivity contribution is -0.137. The molecule has 1 aliphatic heterocycles. The monoisotopic (exact) mass is 511 g/mol. The Kier molecular flexibility index (Phi) is 7.43. The van der Waals surface area contributed by atoms with Crippen molar-refractivity contribution in [2.24, 2.45) is 0 Å². The number of nitrogens with one attached hydrogen (secondary N) is 1. The number of alkyl halides is 3. The number of para-hydroxylation sites is 1. The van der Waals surface area contributed by atoms with E-state index in [9.17, 15) is 18.0 Å².